The maximum absolute atomic E-state index is 11.9. The van der Waals surface area contributed by atoms with Crippen molar-refractivity contribution in [2.24, 2.45) is 0 Å². The second kappa shape index (κ2) is 9.48. The fourth-order valence-electron chi connectivity index (χ4n) is 2.14. The van der Waals surface area contributed by atoms with Crippen LogP contribution in [0.2, 0.25) is 5.02 Å². The molecule has 0 heterocycles. The van der Waals surface area contributed by atoms with Gasteiger partial charge in [0.05, 0.1) is 18.7 Å². The van der Waals surface area contributed by atoms with E-state index in [2.05, 4.69) is 10.9 Å². The third-order valence-electron chi connectivity index (χ3n) is 3.30. The zero-order valence-electron chi connectivity index (χ0n) is 14.4. The monoisotopic (exact) mass is 374 g/mol. The van der Waals surface area contributed by atoms with Crippen molar-refractivity contribution in [3.63, 3.8) is 0 Å². The van der Waals surface area contributed by atoms with Crippen LogP contribution in [0.25, 0.3) is 6.08 Å². The summed E-state index contributed by atoms with van der Waals surface area (Å²) in [7, 11) is 1.50. The van der Waals surface area contributed by atoms with E-state index in [9.17, 15) is 9.59 Å². The van der Waals surface area contributed by atoms with Crippen LogP contribution in [0.1, 0.15) is 22.8 Å². The molecule has 2 amide bonds. The van der Waals surface area contributed by atoms with Crippen LogP contribution in [0.4, 0.5) is 0 Å². The predicted molar refractivity (Wildman–Crippen MR) is 100 cm³/mol. The highest BCUT2D eigenvalue weighted by molar-refractivity contribution is 6.32. The minimum Gasteiger partial charge on any atom is -0.491 e. The molecule has 0 saturated carbocycles. The Hall–Kier alpha value is -2.99. The van der Waals surface area contributed by atoms with E-state index in [1.165, 1.54) is 13.2 Å². The lowest BCUT2D eigenvalue weighted by Crippen LogP contribution is -2.40. The Labute approximate surface area is 156 Å². The van der Waals surface area contributed by atoms with Gasteiger partial charge in [-0.25, -0.2) is 0 Å². The molecule has 136 valence electrons. The fourth-order valence-corrected chi connectivity index (χ4v) is 2.44. The van der Waals surface area contributed by atoms with Gasteiger partial charge in [0.15, 0.2) is 11.5 Å². The molecule has 0 unspecified atom stereocenters. The van der Waals surface area contributed by atoms with E-state index in [1.807, 2.05) is 6.92 Å². The van der Waals surface area contributed by atoms with E-state index in [1.54, 1.807) is 48.5 Å². The molecule has 0 saturated heterocycles. The van der Waals surface area contributed by atoms with Crippen LogP contribution >= 0.6 is 11.6 Å². The zero-order chi connectivity index (χ0) is 18.9. The number of halogens is 1. The molecule has 0 radical (unpaired) electrons. The Kier molecular flexibility index (Phi) is 7.05. The number of rotatable bonds is 6. The van der Waals surface area contributed by atoms with Crippen LogP contribution in [-0.2, 0) is 4.79 Å². The van der Waals surface area contributed by atoms with E-state index < -0.39 is 11.8 Å². The first-order valence-corrected chi connectivity index (χ1v) is 8.26. The SMILES string of the molecule is CCOc1cc(/C=C/C(=O)NNC(=O)c2ccccc2)cc(Cl)c1OC. The van der Waals surface area contributed by atoms with Gasteiger partial charge in [-0.1, -0.05) is 29.8 Å². The minimum atomic E-state index is -0.487. The first kappa shape index (κ1) is 19.3. The van der Waals surface area contributed by atoms with Gasteiger partial charge in [-0.2, -0.15) is 0 Å². The van der Waals surface area contributed by atoms with Gasteiger partial charge in [0.25, 0.3) is 11.8 Å². The maximum Gasteiger partial charge on any atom is 0.269 e. The van der Waals surface area contributed by atoms with Crippen molar-refractivity contribution in [1.29, 1.82) is 0 Å². The van der Waals surface area contributed by atoms with Crippen LogP contribution in [0.3, 0.4) is 0 Å². The maximum atomic E-state index is 11.9. The molecule has 0 aliphatic heterocycles. The van der Waals surface area contributed by atoms with Crippen molar-refractivity contribution >= 4 is 29.5 Å². The van der Waals surface area contributed by atoms with Gasteiger partial charge in [-0.15, -0.1) is 0 Å². The molecule has 0 aromatic heterocycles. The molecule has 0 spiro atoms. The van der Waals surface area contributed by atoms with Crippen molar-refractivity contribution in [3.05, 3.63) is 64.7 Å². The minimum absolute atomic E-state index is 0.371. The third-order valence-corrected chi connectivity index (χ3v) is 3.58. The summed E-state index contributed by atoms with van der Waals surface area (Å²) in [5, 5.41) is 0.371. The van der Waals surface area contributed by atoms with E-state index in [4.69, 9.17) is 21.1 Å². The summed E-state index contributed by atoms with van der Waals surface area (Å²) >= 11 is 6.16. The molecule has 2 aromatic carbocycles. The number of carbonyl (C=O) groups excluding carboxylic acids is 2. The summed E-state index contributed by atoms with van der Waals surface area (Å²) in [4.78, 5) is 23.7. The average molecular weight is 375 g/mol. The molecule has 0 aliphatic rings. The summed E-state index contributed by atoms with van der Waals surface area (Å²) in [5.41, 5.74) is 5.75. The summed E-state index contributed by atoms with van der Waals surface area (Å²) < 4.78 is 10.7. The first-order valence-electron chi connectivity index (χ1n) is 7.89. The molecule has 2 aromatic rings. The molecule has 26 heavy (non-hydrogen) atoms. The number of hydrazine groups is 1. The van der Waals surface area contributed by atoms with Crippen molar-refractivity contribution in [3.8, 4) is 11.5 Å². The lowest BCUT2D eigenvalue weighted by atomic mass is 10.2. The number of benzene rings is 2. The average Bonchev–Trinajstić information content (AvgIpc) is 2.65. The number of amides is 2. The third kappa shape index (κ3) is 5.26. The number of nitrogens with one attached hydrogen (secondary N) is 2. The van der Waals surface area contributed by atoms with Gasteiger partial charge in [-0.05, 0) is 42.8 Å². The van der Waals surface area contributed by atoms with Gasteiger partial charge in [0, 0.05) is 11.6 Å². The Morgan fingerprint density at radius 3 is 2.54 bits per heavy atom. The number of ether oxygens (including phenoxy) is 2. The lowest BCUT2D eigenvalue weighted by Gasteiger charge is -2.11. The zero-order valence-corrected chi connectivity index (χ0v) is 15.2. The van der Waals surface area contributed by atoms with Crippen LogP contribution in [-0.4, -0.2) is 25.5 Å². The van der Waals surface area contributed by atoms with Gasteiger partial charge in [0.1, 0.15) is 0 Å². The second-order valence-corrected chi connectivity index (χ2v) is 5.52. The van der Waals surface area contributed by atoms with Crippen molar-refractivity contribution in [2.45, 2.75) is 6.92 Å². The quantitative estimate of drug-likeness (QED) is 0.601. The number of hydrogen-bond donors (Lipinski definition) is 2. The normalized spacial score (nSPS) is 10.4. The highest BCUT2D eigenvalue weighted by atomic mass is 35.5. The molecule has 0 atom stereocenters. The van der Waals surface area contributed by atoms with Gasteiger partial charge in [-0.3, -0.25) is 20.4 Å². The Morgan fingerprint density at radius 1 is 1.15 bits per heavy atom. The molecule has 7 heteroatoms. The predicted octanol–water partition coefficient (Wildman–Crippen LogP) is 3.22. The van der Waals surface area contributed by atoms with Crippen LogP contribution < -0.4 is 20.3 Å². The van der Waals surface area contributed by atoms with Gasteiger partial charge < -0.3 is 9.47 Å². The number of methoxy groups -OCH3 is 1. The highest BCUT2D eigenvalue weighted by Gasteiger charge is 2.10. The standard InChI is InChI=1S/C19H19ClN2O4/c1-3-26-16-12-13(11-15(20)18(16)25-2)9-10-17(23)21-22-19(24)14-7-5-4-6-8-14/h4-12H,3H2,1-2H3,(H,21,23)(H,22,24)/b10-9+. The van der Waals surface area contributed by atoms with Crippen molar-refractivity contribution in [1.82, 2.24) is 10.9 Å². The first-order chi connectivity index (χ1) is 12.5. The molecule has 0 fully saturated rings. The van der Waals surface area contributed by atoms with E-state index in [-0.39, 0.29) is 0 Å². The summed E-state index contributed by atoms with van der Waals surface area (Å²) in [6.07, 6.45) is 2.83. The number of carbonyl (C=O) groups is 2. The van der Waals surface area contributed by atoms with E-state index in [0.717, 1.165) is 0 Å². The summed E-state index contributed by atoms with van der Waals surface area (Å²) in [6, 6.07) is 11.9. The molecule has 0 aliphatic carbocycles. The fraction of sp³-hybridized carbons (Fsp3) is 0.158. The highest BCUT2D eigenvalue weighted by Crippen LogP contribution is 2.36. The molecule has 2 N–H and O–H groups in total. The molecule has 6 nitrogen and oxygen atoms in total. The van der Waals surface area contributed by atoms with Gasteiger partial charge >= 0.3 is 0 Å². The smallest absolute Gasteiger partial charge is 0.269 e. The van der Waals surface area contributed by atoms with E-state index >= 15 is 0 Å². The Morgan fingerprint density at radius 2 is 1.88 bits per heavy atom. The molecule has 0 bridgehead atoms. The Balaban J connectivity index is 2.00. The van der Waals surface area contributed by atoms with E-state index in [0.29, 0.717) is 34.3 Å². The largest absolute Gasteiger partial charge is 0.491 e. The second-order valence-electron chi connectivity index (χ2n) is 5.11. The topological polar surface area (TPSA) is 76.7 Å². The summed E-state index contributed by atoms with van der Waals surface area (Å²) in [6.45, 7) is 2.30. The van der Waals surface area contributed by atoms with Crippen LogP contribution in [0.5, 0.6) is 11.5 Å². The molecule has 2 rings (SSSR count). The molecular formula is C19H19ClN2O4. The van der Waals surface area contributed by atoms with Crippen LogP contribution in [0, 0.1) is 0 Å². The van der Waals surface area contributed by atoms with Crippen molar-refractivity contribution < 1.29 is 19.1 Å². The van der Waals surface area contributed by atoms with Crippen molar-refractivity contribution in [2.75, 3.05) is 13.7 Å². The summed E-state index contributed by atoms with van der Waals surface area (Å²) in [5.74, 6) is 0.0304. The van der Waals surface area contributed by atoms with Gasteiger partial charge in [0.2, 0.25) is 0 Å². The number of hydrogen-bond acceptors (Lipinski definition) is 4. The Bertz CT molecular complexity index is 807. The van der Waals surface area contributed by atoms with Crippen LogP contribution in [0.15, 0.2) is 48.5 Å². The lowest BCUT2D eigenvalue weighted by molar-refractivity contribution is -0.117. The molecular weight excluding hydrogens is 356 g/mol.